The van der Waals surface area contributed by atoms with Gasteiger partial charge in [0, 0.05) is 12.3 Å². The summed E-state index contributed by atoms with van der Waals surface area (Å²) in [7, 11) is 0. The van der Waals surface area contributed by atoms with Crippen molar-refractivity contribution >= 4 is 18.4 Å². The van der Waals surface area contributed by atoms with Crippen molar-refractivity contribution in [2.24, 2.45) is 17.8 Å². The SMILES string of the molecule is CC1CCC(C(C)CS)C(=O)C1. The number of thiol groups is 1. The molecule has 0 radical (unpaired) electrons. The average molecular weight is 186 g/mol. The van der Waals surface area contributed by atoms with Crippen LogP contribution in [0.2, 0.25) is 0 Å². The number of carbonyl (C=O) groups is 1. The first kappa shape index (κ1) is 10.1. The second-order valence-corrected chi connectivity index (χ2v) is 4.48. The van der Waals surface area contributed by atoms with Crippen LogP contribution in [0.4, 0.5) is 0 Å². The van der Waals surface area contributed by atoms with E-state index in [2.05, 4.69) is 26.5 Å². The Morgan fingerprint density at radius 1 is 1.58 bits per heavy atom. The Hall–Kier alpha value is 0.0200. The van der Waals surface area contributed by atoms with E-state index in [0.29, 0.717) is 23.5 Å². The average Bonchev–Trinajstić information content (AvgIpc) is 2.03. The van der Waals surface area contributed by atoms with Crippen molar-refractivity contribution in [3.05, 3.63) is 0 Å². The summed E-state index contributed by atoms with van der Waals surface area (Å²) >= 11 is 4.24. The predicted molar refractivity (Wildman–Crippen MR) is 54.5 cm³/mol. The zero-order valence-corrected chi connectivity index (χ0v) is 8.81. The quantitative estimate of drug-likeness (QED) is 0.656. The summed E-state index contributed by atoms with van der Waals surface area (Å²) in [5, 5.41) is 0. The van der Waals surface area contributed by atoms with E-state index in [9.17, 15) is 4.79 Å². The Kier molecular flexibility index (Phi) is 3.63. The van der Waals surface area contributed by atoms with E-state index in [1.165, 1.54) is 6.42 Å². The van der Waals surface area contributed by atoms with Crippen LogP contribution in [0.3, 0.4) is 0 Å². The molecule has 0 saturated heterocycles. The Balaban J connectivity index is 2.50. The molecule has 0 spiro atoms. The molecule has 0 N–H and O–H groups in total. The van der Waals surface area contributed by atoms with Gasteiger partial charge in [-0.15, -0.1) is 0 Å². The fourth-order valence-corrected chi connectivity index (χ4v) is 2.21. The minimum absolute atomic E-state index is 0.304. The number of Topliss-reactive ketones (excluding diaryl/α,β-unsaturated/α-hetero) is 1. The Morgan fingerprint density at radius 2 is 2.25 bits per heavy atom. The van der Waals surface area contributed by atoms with E-state index in [1.807, 2.05) is 0 Å². The molecule has 0 aliphatic heterocycles. The molecule has 3 atom stereocenters. The minimum Gasteiger partial charge on any atom is -0.299 e. The van der Waals surface area contributed by atoms with Gasteiger partial charge >= 0.3 is 0 Å². The molecule has 1 saturated carbocycles. The van der Waals surface area contributed by atoms with Gasteiger partial charge in [0.05, 0.1) is 0 Å². The second kappa shape index (κ2) is 4.31. The molecule has 12 heavy (non-hydrogen) atoms. The third-order valence-electron chi connectivity index (χ3n) is 2.91. The summed E-state index contributed by atoms with van der Waals surface area (Å²) in [6, 6.07) is 0. The maximum absolute atomic E-state index is 11.6. The van der Waals surface area contributed by atoms with Crippen LogP contribution in [-0.4, -0.2) is 11.5 Å². The van der Waals surface area contributed by atoms with Gasteiger partial charge in [0.25, 0.3) is 0 Å². The number of hydrogen-bond donors (Lipinski definition) is 1. The fraction of sp³-hybridized carbons (Fsp3) is 0.900. The van der Waals surface area contributed by atoms with Crippen molar-refractivity contribution in [1.82, 2.24) is 0 Å². The highest BCUT2D eigenvalue weighted by Crippen LogP contribution is 2.30. The van der Waals surface area contributed by atoms with Crippen LogP contribution >= 0.6 is 12.6 Å². The lowest BCUT2D eigenvalue weighted by Gasteiger charge is -2.28. The van der Waals surface area contributed by atoms with Crippen molar-refractivity contribution in [3.63, 3.8) is 0 Å². The first-order valence-corrected chi connectivity index (χ1v) is 5.42. The molecule has 0 aromatic rings. The minimum atomic E-state index is 0.304. The summed E-state index contributed by atoms with van der Waals surface area (Å²) in [6.07, 6.45) is 3.10. The van der Waals surface area contributed by atoms with E-state index >= 15 is 0 Å². The molecule has 1 fully saturated rings. The molecule has 0 bridgehead atoms. The largest absolute Gasteiger partial charge is 0.299 e. The molecule has 1 aliphatic rings. The van der Waals surface area contributed by atoms with E-state index in [-0.39, 0.29) is 0 Å². The number of rotatable bonds is 2. The molecule has 0 amide bonds. The van der Waals surface area contributed by atoms with Gasteiger partial charge in [-0.2, -0.15) is 12.6 Å². The smallest absolute Gasteiger partial charge is 0.136 e. The van der Waals surface area contributed by atoms with Crippen molar-refractivity contribution < 1.29 is 4.79 Å². The highest BCUT2D eigenvalue weighted by molar-refractivity contribution is 7.80. The van der Waals surface area contributed by atoms with Crippen molar-refractivity contribution in [3.8, 4) is 0 Å². The predicted octanol–water partition coefficient (Wildman–Crippen LogP) is 2.56. The first-order chi connectivity index (χ1) is 5.65. The summed E-state index contributed by atoms with van der Waals surface area (Å²) < 4.78 is 0. The second-order valence-electron chi connectivity index (χ2n) is 4.12. The first-order valence-electron chi connectivity index (χ1n) is 4.78. The van der Waals surface area contributed by atoms with Gasteiger partial charge in [0.1, 0.15) is 5.78 Å². The lowest BCUT2D eigenvalue weighted by molar-refractivity contribution is -0.127. The normalized spacial score (nSPS) is 33.4. The summed E-state index contributed by atoms with van der Waals surface area (Å²) in [6.45, 7) is 4.30. The van der Waals surface area contributed by atoms with Crippen LogP contribution in [0.5, 0.6) is 0 Å². The van der Waals surface area contributed by atoms with Crippen LogP contribution in [0.15, 0.2) is 0 Å². The zero-order chi connectivity index (χ0) is 9.14. The summed E-state index contributed by atoms with van der Waals surface area (Å²) in [5.74, 6) is 2.69. The monoisotopic (exact) mass is 186 g/mol. The van der Waals surface area contributed by atoms with Crippen LogP contribution < -0.4 is 0 Å². The van der Waals surface area contributed by atoms with E-state index in [4.69, 9.17) is 0 Å². The van der Waals surface area contributed by atoms with E-state index < -0.39 is 0 Å². The fourth-order valence-electron chi connectivity index (χ4n) is 1.95. The Morgan fingerprint density at radius 3 is 2.75 bits per heavy atom. The Bertz CT molecular complexity index is 167. The van der Waals surface area contributed by atoms with Gasteiger partial charge in [0.2, 0.25) is 0 Å². The van der Waals surface area contributed by atoms with Crippen molar-refractivity contribution in [2.75, 3.05) is 5.75 Å². The topological polar surface area (TPSA) is 17.1 Å². The molecule has 0 aromatic heterocycles. The van der Waals surface area contributed by atoms with Crippen LogP contribution in [0, 0.1) is 17.8 Å². The van der Waals surface area contributed by atoms with Gasteiger partial charge in [-0.05, 0) is 30.4 Å². The zero-order valence-electron chi connectivity index (χ0n) is 7.92. The van der Waals surface area contributed by atoms with Crippen LogP contribution in [-0.2, 0) is 4.79 Å². The molecular weight excluding hydrogens is 168 g/mol. The standard InChI is InChI=1S/C10H18OS/c1-7-3-4-9(8(2)6-12)10(11)5-7/h7-9,12H,3-6H2,1-2H3. The molecule has 0 heterocycles. The van der Waals surface area contributed by atoms with Gasteiger partial charge in [-0.3, -0.25) is 4.79 Å². The molecule has 1 rings (SSSR count). The van der Waals surface area contributed by atoms with Gasteiger partial charge < -0.3 is 0 Å². The molecule has 0 aromatic carbocycles. The number of carbonyl (C=O) groups excluding carboxylic acids is 1. The molecular formula is C10H18OS. The van der Waals surface area contributed by atoms with E-state index in [1.54, 1.807) is 0 Å². The molecule has 2 heteroatoms. The van der Waals surface area contributed by atoms with Crippen LogP contribution in [0.1, 0.15) is 33.1 Å². The van der Waals surface area contributed by atoms with Gasteiger partial charge in [-0.1, -0.05) is 13.8 Å². The lowest BCUT2D eigenvalue weighted by atomic mass is 9.76. The maximum Gasteiger partial charge on any atom is 0.136 e. The Labute approximate surface area is 80.3 Å². The maximum atomic E-state index is 11.6. The van der Waals surface area contributed by atoms with Gasteiger partial charge in [0.15, 0.2) is 0 Å². The number of ketones is 1. The van der Waals surface area contributed by atoms with E-state index in [0.717, 1.165) is 18.6 Å². The van der Waals surface area contributed by atoms with Crippen molar-refractivity contribution in [1.29, 1.82) is 0 Å². The third kappa shape index (κ3) is 2.25. The molecule has 3 unspecified atom stereocenters. The highest BCUT2D eigenvalue weighted by Gasteiger charge is 2.29. The van der Waals surface area contributed by atoms with Crippen LogP contribution in [0.25, 0.3) is 0 Å². The van der Waals surface area contributed by atoms with Gasteiger partial charge in [-0.25, -0.2) is 0 Å². The molecule has 1 nitrogen and oxygen atoms in total. The summed E-state index contributed by atoms with van der Waals surface area (Å²) in [4.78, 5) is 11.6. The van der Waals surface area contributed by atoms with Crippen molar-refractivity contribution in [2.45, 2.75) is 33.1 Å². The molecule has 1 aliphatic carbocycles. The molecule has 70 valence electrons. The highest BCUT2D eigenvalue weighted by atomic mass is 32.1. The number of hydrogen-bond acceptors (Lipinski definition) is 2. The summed E-state index contributed by atoms with van der Waals surface area (Å²) in [5.41, 5.74) is 0. The third-order valence-corrected chi connectivity index (χ3v) is 3.48. The lowest BCUT2D eigenvalue weighted by Crippen LogP contribution is -2.29.